The van der Waals surface area contributed by atoms with Crippen molar-refractivity contribution in [3.8, 4) is 0 Å². The van der Waals surface area contributed by atoms with E-state index in [1.165, 1.54) is 0 Å². The second kappa shape index (κ2) is 5.80. The van der Waals surface area contributed by atoms with Crippen LogP contribution >= 0.6 is 0 Å². The van der Waals surface area contributed by atoms with E-state index < -0.39 is 8.32 Å². The Morgan fingerprint density at radius 3 is 1.44 bits per heavy atom. The van der Waals surface area contributed by atoms with Crippen molar-refractivity contribution in [3.05, 3.63) is 60.7 Å². The molecule has 2 aromatic carbocycles. The molecule has 0 saturated heterocycles. The molecule has 3 heteroatoms. The Kier molecular flexibility index (Phi) is 4.96. The third-order valence-electron chi connectivity index (χ3n) is 2.67. The van der Waals surface area contributed by atoms with Crippen LogP contribution in [-0.2, 0) is 0 Å². The number of hydrogen-bond donors (Lipinski definition) is 1. The van der Waals surface area contributed by atoms with Crippen molar-refractivity contribution in [2.75, 3.05) is 0 Å². The molecule has 0 aliphatic heterocycles. The van der Waals surface area contributed by atoms with Crippen molar-refractivity contribution in [1.29, 1.82) is 0 Å². The summed E-state index contributed by atoms with van der Waals surface area (Å²) in [6.45, 7) is 1.96. The summed E-state index contributed by atoms with van der Waals surface area (Å²) in [6, 6.07) is 19.8. The minimum Gasteiger partial charge on any atom is -1.00 e. The second-order valence-electron chi connectivity index (χ2n) is 3.80. The van der Waals surface area contributed by atoms with Crippen LogP contribution in [0.25, 0.3) is 0 Å². The fourth-order valence-corrected chi connectivity index (χ4v) is 3.71. The van der Waals surface area contributed by atoms with Gasteiger partial charge >= 0.3 is 29.6 Å². The molecule has 1 nitrogen and oxygen atoms in total. The Balaban J connectivity index is 0.00000128. The third kappa shape index (κ3) is 2.84. The summed E-state index contributed by atoms with van der Waals surface area (Å²) in [7, 11) is -2.46. The van der Waals surface area contributed by atoms with Crippen molar-refractivity contribution < 1.29 is 35.8 Å². The Bertz CT molecular complexity index is 392. The maximum atomic E-state index is 10.6. The molecule has 1 N–H and O–H groups in total. The second-order valence-corrected chi connectivity index (χ2v) is 7.10. The maximum Gasteiger partial charge on any atom is 1.00 e. The first-order valence-corrected chi connectivity index (χ1v) is 7.49. The first kappa shape index (κ1) is 13.7. The Morgan fingerprint density at radius 2 is 1.12 bits per heavy atom. The Hall–Kier alpha value is -0.383. The largest absolute Gasteiger partial charge is 1.00 e. The molecular weight excluding hydrogens is 223 g/mol. The van der Waals surface area contributed by atoms with Crippen LogP contribution in [0.1, 0.15) is 1.43 Å². The summed E-state index contributed by atoms with van der Waals surface area (Å²) in [6.07, 6.45) is 0. The summed E-state index contributed by atoms with van der Waals surface area (Å²) in [5.74, 6) is 0. The zero-order valence-corrected chi connectivity index (χ0v) is 12.7. The van der Waals surface area contributed by atoms with Crippen molar-refractivity contribution in [2.24, 2.45) is 0 Å². The topological polar surface area (TPSA) is 20.2 Å². The summed E-state index contributed by atoms with van der Waals surface area (Å²) >= 11 is 0. The van der Waals surface area contributed by atoms with Gasteiger partial charge in [0.15, 0.2) is 0 Å². The standard InChI is InChI=1S/C13H14OSi.Na.H/c1-15(14,12-8-4-2-5-9-12)13-10-6-3-7-11-13;;/h2-11,14H,1H3;;/q;+1;-1. The van der Waals surface area contributed by atoms with Gasteiger partial charge in [-0.3, -0.25) is 0 Å². The van der Waals surface area contributed by atoms with Crippen LogP contribution in [0, 0.1) is 0 Å². The van der Waals surface area contributed by atoms with Crippen LogP contribution in [0.3, 0.4) is 0 Å². The van der Waals surface area contributed by atoms with Crippen molar-refractivity contribution in [1.82, 2.24) is 0 Å². The SMILES string of the molecule is C[Si](O)(c1ccccc1)c1ccccc1.[H-].[Na+]. The van der Waals surface area contributed by atoms with Crippen LogP contribution in [0.2, 0.25) is 6.55 Å². The van der Waals surface area contributed by atoms with Crippen molar-refractivity contribution in [2.45, 2.75) is 6.55 Å². The van der Waals surface area contributed by atoms with E-state index in [0.717, 1.165) is 10.4 Å². The molecule has 0 fully saturated rings. The van der Waals surface area contributed by atoms with Crippen LogP contribution < -0.4 is 39.9 Å². The zero-order valence-electron chi connectivity index (χ0n) is 10.7. The van der Waals surface area contributed by atoms with Crippen LogP contribution in [-0.4, -0.2) is 13.1 Å². The molecule has 16 heavy (non-hydrogen) atoms. The normalized spacial score (nSPS) is 10.6. The molecule has 0 aliphatic rings. The molecule has 0 heterocycles. The van der Waals surface area contributed by atoms with Gasteiger partial charge in [-0.1, -0.05) is 60.7 Å². The quantitative estimate of drug-likeness (QED) is 0.631. The summed E-state index contributed by atoms with van der Waals surface area (Å²) in [5.41, 5.74) is 0. The van der Waals surface area contributed by atoms with Gasteiger partial charge in [0.2, 0.25) is 8.32 Å². The smallest absolute Gasteiger partial charge is 1.00 e. The molecule has 2 aromatic rings. The van der Waals surface area contributed by atoms with Gasteiger partial charge in [-0.15, -0.1) is 0 Å². The summed E-state index contributed by atoms with van der Waals surface area (Å²) in [4.78, 5) is 10.6. The first-order valence-electron chi connectivity index (χ1n) is 5.04. The van der Waals surface area contributed by atoms with E-state index in [1.54, 1.807) is 0 Å². The molecule has 0 saturated carbocycles. The van der Waals surface area contributed by atoms with E-state index >= 15 is 0 Å². The van der Waals surface area contributed by atoms with Gasteiger partial charge in [-0.25, -0.2) is 0 Å². The average Bonchev–Trinajstić information content (AvgIpc) is 2.31. The van der Waals surface area contributed by atoms with E-state index in [1.807, 2.05) is 67.2 Å². The molecular formula is C13H15NaOSi. The van der Waals surface area contributed by atoms with Gasteiger partial charge in [0.25, 0.3) is 0 Å². The van der Waals surface area contributed by atoms with Gasteiger partial charge in [0.1, 0.15) is 0 Å². The molecule has 0 bridgehead atoms. The van der Waals surface area contributed by atoms with Gasteiger partial charge in [-0.05, 0) is 16.9 Å². The molecule has 0 amide bonds. The van der Waals surface area contributed by atoms with Gasteiger partial charge < -0.3 is 6.22 Å². The maximum absolute atomic E-state index is 10.6. The number of benzene rings is 2. The molecule has 78 valence electrons. The fraction of sp³-hybridized carbons (Fsp3) is 0.0769. The molecule has 0 unspecified atom stereocenters. The molecule has 2 rings (SSSR count). The predicted molar refractivity (Wildman–Crippen MR) is 67.1 cm³/mol. The van der Waals surface area contributed by atoms with Gasteiger partial charge in [0, 0.05) is 0 Å². The van der Waals surface area contributed by atoms with Crippen molar-refractivity contribution >= 4 is 18.7 Å². The van der Waals surface area contributed by atoms with Gasteiger partial charge in [-0.2, -0.15) is 0 Å². The molecule has 0 radical (unpaired) electrons. The van der Waals surface area contributed by atoms with Crippen LogP contribution in [0.15, 0.2) is 60.7 Å². The van der Waals surface area contributed by atoms with Crippen LogP contribution in [0.4, 0.5) is 0 Å². The monoisotopic (exact) mass is 238 g/mol. The van der Waals surface area contributed by atoms with E-state index in [4.69, 9.17) is 0 Å². The van der Waals surface area contributed by atoms with E-state index in [9.17, 15) is 4.80 Å². The van der Waals surface area contributed by atoms with E-state index in [-0.39, 0.29) is 31.0 Å². The number of rotatable bonds is 2. The zero-order chi connectivity index (χ0) is 10.7. The fourth-order valence-electron chi connectivity index (χ4n) is 1.69. The summed E-state index contributed by atoms with van der Waals surface area (Å²) in [5, 5.41) is 2.10. The first-order chi connectivity index (χ1) is 7.21. The molecule has 0 aromatic heterocycles. The minimum atomic E-state index is -2.46. The van der Waals surface area contributed by atoms with E-state index in [2.05, 4.69) is 0 Å². The van der Waals surface area contributed by atoms with Crippen LogP contribution in [0.5, 0.6) is 0 Å². The molecule has 0 spiro atoms. The Labute approximate surface area is 121 Å². The molecule has 0 atom stereocenters. The minimum absolute atomic E-state index is 0. The van der Waals surface area contributed by atoms with E-state index in [0.29, 0.717) is 0 Å². The number of hydrogen-bond acceptors (Lipinski definition) is 1. The van der Waals surface area contributed by atoms with Crippen molar-refractivity contribution in [3.63, 3.8) is 0 Å². The third-order valence-corrected chi connectivity index (χ3v) is 5.59. The Morgan fingerprint density at radius 1 is 0.812 bits per heavy atom. The van der Waals surface area contributed by atoms with Gasteiger partial charge in [0.05, 0.1) is 0 Å². The summed E-state index contributed by atoms with van der Waals surface area (Å²) < 4.78 is 0. The average molecular weight is 238 g/mol. The molecule has 0 aliphatic carbocycles. The predicted octanol–water partition coefficient (Wildman–Crippen LogP) is -1.52.